The first kappa shape index (κ1) is 9.86. The first-order chi connectivity index (χ1) is 7.34. The summed E-state index contributed by atoms with van der Waals surface area (Å²) in [6, 6.07) is 6.50. The smallest absolute Gasteiger partial charge is 0.180 e. The lowest BCUT2D eigenvalue weighted by molar-refractivity contribution is 0.478. The topological polar surface area (TPSA) is 38.1 Å². The summed E-state index contributed by atoms with van der Waals surface area (Å²) in [6.07, 6.45) is 3.04. The van der Waals surface area contributed by atoms with Crippen molar-refractivity contribution in [3.63, 3.8) is 0 Å². The lowest BCUT2D eigenvalue weighted by atomic mass is 10.2. The van der Waals surface area contributed by atoms with Crippen LogP contribution >= 0.6 is 0 Å². The van der Waals surface area contributed by atoms with Crippen molar-refractivity contribution in [2.24, 2.45) is 0 Å². The van der Waals surface area contributed by atoms with Crippen LogP contribution in [0, 0.1) is 5.82 Å². The molecule has 1 N–H and O–H groups in total. The van der Waals surface area contributed by atoms with E-state index < -0.39 is 0 Å². The SMILES string of the molecule is Fc1cccc(CNCc2cnco2)c1. The fourth-order valence-electron chi connectivity index (χ4n) is 1.31. The Kier molecular flexibility index (Phi) is 3.09. The minimum atomic E-state index is -0.214. The Balaban J connectivity index is 1.83. The summed E-state index contributed by atoms with van der Waals surface area (Å²) in [6.45, 7) is 1.20. The molecule has 0 aliphatic rings. The van der Waals surface area contributed by atoms with Crippen LogP contribution in [0.2, 0.25) is 0 Å². The molecule has 0 fully saturated rings. The molecular weight excluding hydrogens is 195 g/mol. The van der Waals surface area contributed by atoms with Crippen LogP contribution in [0.1, 0.15) is 11.3 Å². The van der Waals surface area contributed by atoms with Crippen molar-refractivity contribution >= 4 is 0 Å². The molecule has 0 aliphatic carbocycles. The van der Waals surface area contributed by atoms with Gasteiger partial charge < -0.3 is 9.73 Å². The van der Waals surface area contributed by atoms with Gasteiger partial charge in [0.05, 0.1) is 12.7 Å². The van der Waals surface area contributed by atoms with Gasteiger partial charge in [0.15, 0.2) is 6.39 Å². The van der Waals surface area contributed by atoms with Gasteiger partial charge in [0.25, 0.3) is 0 Å². The molecule has 78 valence electrons. The van der Waals surface area contributed by atoms with Crippen molar-refractivity contribution in [3.05, 3.63) is 54.0 Å². The van der Waals surface area contributed by atoms with Crippen LogP contribution in [0.4, 0.5) is 4.39 Å². The maximum Gasteiger partial charge on any atom is 0.180 e. The molecule has 1 aromatic carbocycles. The summed E-state index contributed by atoms with van der Waals surface area (Å²) in [5.41, 5.74) is 0.912. The van der Waals surface area contributed by atoms with Crippen LogP contribution in [-0.2, 0) is 13.1 Å². The number of rotatable bonds is 4. The van der Waals surface area contributed by atoms with Gasteiger partial charge in [-0.1, -0.05) is 12.1 Å². The third kappa shape index (κ3) is 2.89. The van der Waals surface area contributed by atoms with E-state index in [0.717, 1.165) is 11.3 Å². The first-order valence-electron chi connectivity index (χ1n) is 4.67. The van der Waals surface area contributed by atoms with Gasteiger partial charge in [-0.3, -0.25) is 0 Å². The summed E-state index contributed by atoms with van der Waals surface area (Å²) in [7, 11) is 0. The molecule has 2 aromatic rings. The van der Waals surface area contributed by atoms with Crippen molar-refractivity contribution < 1.29 is 8.81 Å². The average Bonchev–Trinajstić information content (AvgIpc) is 2.71. The number of nitrogens with one attached hydrogen (secondary N) is 1. The molecule has 0 saturated carbocycles. The Morgan fingerprint density at radius 1 is 1.33 bits per heavy atom. The molecule has 1 heterocycles. The van der Waals surface area contributed by atoms with Crippen LogP contribution in [0.5, 0.6) is 0 Å². The number of nitrogens with zero attached hydrogens (tertiary/aromatic N) is 1. The van der Waals surface area contributed by atoms with Gasteiger partial charge in [-0.15, -0.1) is 0 Å². The van der Waals surface area contributed by atoms with E-state index >= 15 is 0 Å². The number of hydrogen-bond donors (Lipinski definition) is 1. The third-order valence-corrected chi connectivity index (χ3v) is 2.00. The predicted molar refractivity (Wildman–Crippen MR) is 53.4 cm³/mol. The Labute approximate surface area is 86.9 Å². The number of hydrogen-bond acceptors (Lipinski definition) is 3. The Morgan fingerprint density at radius 3 is 3.00 bits per heavy atom. The fourth-order valence-corrected chi connectivity index (χ4v) is 1.31. The van der Waals surface area contributed by atoms with Gasteiger partial charge >= 0.3 is 0 Å². The van der Waals surface area contributed by atoms with Crippen molar-refractivity contribution in [1.82, 2.24) is 10.3 Å². The quantitative estimate of drug-likeness (QED) is 0.832. The maximum absolute atomic E-state index is 12.8. The lowest BCUT2D eigenvalue weighted by Gasteiger charge is -2.02. The van der Waals surface area contributed by atoms with Gasteiger partial charge in [-0.05, 0) is 17.7 Å². The molecule has 1 aromatic heterocycles. The molecule has 0 spiro atoms. The van der Waals surface area contributed by atoms with Gasteiger partial charge in [0.2, 0.25) is 0 Å². The average molecular weight is 206 g/mol. The second-order valence-corrected chi connectivity index (χ2v) is 3.20. The van der Waals surface area contributed by atoms with E-state index in [-0.39, 0.29) is 5.82 Å². The van der Waals surface area contributed by atoms with Crippen LogP contribution in [0.15, 0.2) is 41.3 Å². The summed E-state index contributed by atoms with van der Waals surface area (Å²) < 4.78 is 17.9. The summed E-state index contributed by atoms with van der Waals surface area (Å²) in [5.74, 6) is 0.556. The second kappa shape index (κ2) is 4.70. The molecule has 0 bridgehead atoms. The van der Waals surface area contributed by atoms with Crippen molar-refractivity contribution in [2.75, 3.05) is 0 Å². The fraction of sp³-hybridized carbons (Fsp3) is 0.182. The molecule has 0 saturated heterocycles. The second-order valence-electron chi connectivity index (χ2n) is 3.20. The van der Waals surface area contributed by atoms with E-state index in [1.165, 1.54) is 18.5 Å². The highest BCUT2D eigenvalue weighted by atomic mass is 19.1. The van der Waals surface area contributed by atoms with E-state index in [9.17, 15) is 4.39 Å². The number of benzene rings is 1. The van der Waals surface area contributed by atoms with E-state index in [4.69, 9.17) is 4.42 Å². The minimum absolute atomic E-state index is 0.214. The molecule has 0 atom stereocenters. The van der Waals surface area contributed by atoms with Crippen molar-refractivity contribution in [3.8, 4) is 0 Å². The molecule has 0 radical (unpaired) electrons. The van der Waals surface area contributed by atoms with E-state index in [2.05, 4.69) is 10.3 Å². The Bertz CT molecular complexity index is 414. The van der Waals surface area contributed by atoms with Gasteiger partial charge in [-0.2, -0.15) is 0 Å². The molecule has 0 unspecified atom stereocenters. The molecule has 0 aliphatic heterocycles. The highest BCUT2D eigenvalue weighted by Gasteiger charge is 1.97. The monoisotopic (exact) mass is 206 g/mol. The van der Waals surface area contributed by atoms with E-state index in [1.54, 1.807) is 12.3 Å². The normalized spacial score (nSPS) is 10.5. The molecule has 3 nitrogen and oxygen atoms in total. The minimum Gasteiger partial charge on any atom is -0.447 e. The molecular formula is C11H11FN2O. The summed E-state index contributed by atoms with van der Waals surface area (Å²) in [4.78, 5) is 3.80. The standard InChI is InChI=1S/C11H11FN2O/c12-10-3-1-2-9(4-10)5-13-6-11-7-14-8-15-11/h1-4,7-8,13H,5-6H2. The van der Waals surface area contributed by atoms with Crippen molar-refractivity contribution in [2.45, 2.75) is 13.1 Å². The van der Waals surface area contributed by atoms with E-state index in [1.807, 2.05) is 6.07 Å². The predicted octanol–water partition coefficient (Wildman–Crippen LogP) is 2.10. The zero-order valence-corrected chi connectivity index (χ0v) is 8.11. The lowest BCUT2D eigenvalue weighted by Crippen LogP contribution is -2.12. The van der Waals surface area contributed by atoms with Gasteiger partial charge in [0.1, 0.15) is 11.6 Å². The van der Waals surface area contributed by atoms with Gasteiger partial charge in [-0.25, -0.2) is 9.37 Å². The van der Waals surface area contributed by atoms with Crippen LogP contribution in [0.3, 0.4) is 0 Å². The highest BCUT2D eigenvalue weighted by Crippen LogP contribution is 2.03. The maximum atomic E-state index is 12.8. The van der Waals surface area contributed by atoms with Crippen LogP contribution < -0.4 is 5.32 Å². The van der Waals surface area contributed by atoms with Crippen LogP contribution in [0.25, 0.3) is 0 Å². The first-order valence-corrected chi connectivity index (χ1v) is 4.67. The zero-order valence-electron chi connectivity index (χ0n) is 8.11. The molecule has 4 heteroatoms. The number of aromatic nitrogens is 1. The molecule has 2 rings (SSSR count). The molecule has 0 amide bonds. The van der Waals surface area contributed by atoms with Gasteiger partial charge in [0, 0.05) is 6.54 Å². The Morgan fingerprint density at radius 2 is 2.27 bits per heavy atom. The summed E-state index contributed by atoms with van der Waals surface area (Å²) >= 11 is 0. The van der Waals surface area contributed by atoms with Crippen molar-refractivity contribution in [1.29, 1.82) is 0 Å². The van der Waals surface area contributed by atoms with Crippen LogP contribution in [-0.4, -0.2) is 4.98 Å². The largest absolute Gasteiger partial charge is 0.447 e. The highest BCUT2D eigenvalue weighted by molar-refractivity contribution is 5.15. The summed E-state index contributed by atoms with van der Waals surface area (Å²) in [5, 5.41) is 3.13. The zero-order chi connectivity index (χ0) is 10.5. The molecule has 15 heavy (non-hydrogen) atoms. The number of oxazole rings is 1. The Hall–Kier alpha value is -1.68. The van der Waals surface area contributed by atoms with E-state index in [0.29, 0.717) is 13.1 Å². The number of halogens is 1. The third-order valence-electron chi connectivity index (χ3n) is 2.00.